The minimum absolute atomic E-state index is 0.0582. The van der Waals surface area contributed by atoms with Crippen LogP contribution in [0.5, 0.6) is 0 Å². The van der Waals surface area contributed by atoms with E-state index in [1.807, 2.05) is 24.3 Å². The largest absolute Gasteiger partial charge is 0.394 e. The molecular weight excluding hydrogens is 709 g/mol. The highest BCUT2D eigenvalue weighted by atomic mass is 35.5. The van der Waals surface area contributed by atoms with E-state index in [-0.39, 0.29) is 29.2 Å². The van der Waals surface area contributed by atoms with E-state index in [4.69, 9.17) is 28.3 Å². The number of amides is 2. The normalized spacial score (nSPS) is 14.4. The molecule has 0 radical (unpaired) electrons. The van der Waals surface area contributed by atoms with Crippen LogP contribution in [0.15, 0.2) is 83.8 Å². The third-order valence-electron chi connectivity index (χ3n) is 9.20. The molecule has 0 spiro atoms. The Morgan fingerprint density at radius 3 is 2.39 bits per heavy atom. The van der Waals surface area contributed by atoms with E-state index in [0.717, 1.165) is 42.4 Å². The molecule has 1 aliphatic rings. The van der Waals surface area contributed by atoms with E-state index >= 15 is 0 Å². The summed E-state index contributed by atoms with van der Waals surface area (Å²) in [5, 5.41) is 17.4. The summed E-state index contributed by atoms with van der Waals surface area (Å²) in [5.74, 6) is -0.794. The van der Waals surface area contributed by atoms with Crippen molar-refractivity contribution < 1.29 is 23.1 Å². The average molecular weight is 749 g/mol. The Balaban J connectivity index is 1.42. The van der Waals surface area contributed by atoms with Gasteiger partial charge in [0, 0.05) is 35.6 Å². The van der Waals surface area contributed by atoms with E-state index in [1.165, 1.54) is 24.3 Å². The number of hydrogen-bond acceptors (Lipinski definition) is 7. The third kappa shape index (κ3) is 7.21. The summed E-state index contributed by atoms with van der Waals surface area (Å²) in [4.78, 5) is 31.8. The zero-order valence-corrected chi connectivity index (χ0v) is 30.9. The van der Waals surface area contributed by atoms with Crippen LogP contribution in [0.2, 0.25) is 10.0 Å². The molecule has 0 bridgehead atoms. The van der Waals surface area contributed by atoms with Gasteiger partial charge in [-0.2, -0.15) is 0 Å². The van der Waals surface area contributed by atoms with Crippen LogP contribution in [0.25, 0.3) is 16.5 Å². The predicted octanol–water partition coefficient (Wildman–Crippen LogP) is 6.95. The summed E-state index contributed by atoms with van der Waals surface area (Å²) in [7, 11) is -4.33. The zero-order valence-electron chi connectivity index (χ0n) is 28.6. The van der Waals surface area contributed by atoms with Crippen molar-refractivity contribution in [1.29, 1.82) is 0 Å². The average Bonchev–Trinajstić information content (AvgIpc) is 3.43. The number of halogens is 2. The van der Waals surface area contributed by atoms with Crippen LogP contribution >= 0.6 is 23.2 Å². The molecule has 13 heteroatoms. The smallest absolute Gasteiger partial charge is 0.265 e. The van der Waals surface area contributed by atoms with Gasteiger partial charge in [-0.25, -0.2) is 17.8 Å². The topological polar surface area (TPSA) is 125 Å². The first kappa shape index (κ1) is 36.4. The number of hydrogen-bond donors (Lipinski definition) is 2. The number of aliphatic hydroxyl groups excluding tert-OH is 1. The predicted molar refractivity (Wildman–Crippen MR) is 201 cm³/mol. The minimum atomic E-state index is -4.33. The molecule has 4 aromatic carbocycles. The second kappa shape index (κ2) is 15.1. The molecule has 2 N–H and O–H groups in total. The van der Waals surface area contributed by atoms with Crippen LogP contribution < -0.4 is 9.62 Å². The lowest BCUT2D eigenvalue weighted by Crippen LogP contribution is -2.46. The fourth-order valence-corrected chi connectivity index (χ4v) is 8.04. The monoisotopic (exact) mass is 747 g/mol. The molecule has 1 aliphatic heterocycles. The van der Waals surface area contributed by atoms with Crippen molar-refractivity contribution in [2.24, 2.45) is 0 Å². The van der Waals surface area contributed by atoms with Gasteiger partial charge in [-0.05, 0) is 79.1 Å². The number of carbonyl (C=O) groups excluding carboxylic acids is 2. The summed E-state index contributed by atoms with van der Waals surface area (Å²) in [6, 6.07) is 21.3. The number of anilines is 1. The van der Waals surface area contributed by atoms with Crippen LogP contribution in [0.1, 0.15) is 64.2 Å². The van der Waals surface area contributed by atoms with Crippen LogP contribution in [0.3, 0.4) is 0 Å². The molecule has 5 aromatic rings. The Hall–Kier alpha value is -4.42. The van der Waals surface area contributed by atoms with Crippen molar-refractivity contribution >= 4 is 61.6 Å². The van der Waals surface area contributed by atoms with Gasteiger partial charge in [0.1, 0.15) is 5.02 Å². The number of rotatable bonds is 11. The summed E-state index contributed by atoms with van der Waals surface area (Å²) >= 11 is 13.2. The second-order valence-electron chi connectivity index (χ2n) is 12.7. The van der Waals surface area contributed by atoms with Crippen molar-refractivity contribution in [2.75, 3.05) is 24.6 Å². The van der Waals surface area contributed by atoms with Gasteiger partial charge in [0.25, 0.3) is 21.8 Å². The van der Waals surface area contributed by atoms with E-state index in [1.54, 1.807) is 46.8 Å². The second-order valence-corrected chi connectivity index (χ2v) is 15.1. The molecule has 266 valence electrons. The maximum Gasteiger partial charge on any atom is 0.265 e. The van der Waals surface area contributed by atoms with Gasteiger partial charge >= 0.3 is 0 Å². The Morgan fingerprint density at radius 1 is 0.961 bits per heavy atom. The van der Waals surface area contributed by atoms with Crippen LogP contribution in [-0.2, 0) is 23.0 Å². The van der Waals surface area contributed by atoms with Gasteiger partial charge in [0.05, 0.1) is 34.5 Å². The lowest BCUT2D eigenvalue weighted by atomic mass is 9.93. The fourth-order valence-electron chi connectivity index (χ4n) is 6.57. The van der Waals surface area contributed by atoms with Crippen LogP contribution in [0, 0.1) is 6.92 Å². The molecule has 0 aliphatic carbocycles. The maximum atomic E-state index is 14.6. The van der Waals surface area contributed by atoms with Crippen molar-refractivity contribution in [1.82, 2.24) is 19.4 Å². The lowest BCUT2D eigenvalue weighted by Gasteiger charge is -2.36. The SMILES string of the molecule is CCCN(CCC)c1nn(-c2ccc(C(=O)NS(=O)(=O)c3ccc4cccc(Cl)c4c3)cc2C(=O)N2Cc3ccccc3CC2CO)c(C)c1Cl. The number of sulfonamides is 1. The van der Waals surface area contributed by atoms with Gasteiger partial charge in [0.2, 0.25) is 0 Å². The van der Waals surface area contributed by atoms with Gasteiger partial charge < -0.3 is 14.9 Å². The van der Waals surface area contributed by atoms with Gasteiger partial charge in [-0.1, -0.05) is 79.5 Å². The fraction of sp³-hybridized carbons (Fsp3) is 0.289. The standard InChI is InChI=1S/C38H39Cl2N5O5S/c1-4-17-43(18-5-2)36-35(40)24(3)45(41-36)34-16-14-27(20-32(34)38(48)44-22-28-10-7-6-9-26(28)19-29(44)23-46)37(47)42-51(49,50)30-15-13-25-11-8-12-33(39)31(25)21-30/h6-16,20-21,29,46H,4-5,17-19,22-23H2,1-3H3,(H,42,47). The maximum absolute atomic E-state index is 14.6. The minimum Gasteiger partial charge on any atom is -0.394 e. The Kier molecular flexibility index (Phi) is 10.7. The number of nitrogens with one attached hydrogen (secondary N) is 1. The molecule has 0 fully saturated rings. The Labute approximate surface area is 307 Å². The quantitative estimate of drug-likeness (QED) is 0.150. The Bertz CT molecular complexity index is 2230. The van der Waals surface area contributed by atoms with E-state index in [0.29, 0.717) is 39.1 Å². The number of aromatic nitrogens is 2. The van der Waals surface area contributed by atoms with Crippen molar-refractivity contribution in [3.63, 3.8) is 0 Å². The molecule has 1 aromatic heterocycles. The van der Waals surface area contributed by atoms with Crippen LogP contribution in [-0.4, -0.2) is 65.8 Å². The molecule has 1 atom stereocenters. The summed E-state index contributed by atoms with van der Waals surface area (Å²) in [5.41, 5.74) is 2.98. The summed E-state index contributed by atoms with van der Waals surface area (Å²) in [6.07, 6.45) is 2.20. The van der Waals surface area contributed by atoms with Gasteiger partial charge in [-0.3, -0.25) is 9.59 Å². The van der Waals surface area contributed by atoms with E-state index in [2.05, 4.69) is 23.5 Å². The third-order valence-corrected chi connectivity index (χ3v) is 11.3. The molecule has 2 amide bonds. The first-order valence-corrected chi connectivity index (χ1v) is 19.1. The summed E-state index contributed by atoms with van der Waals surface area (Å²) < 4.78 is 30.7. The number of aliphatic hydroxyl groups is 1. The number of fused-ring (bicyclic) bond motifs is 2. The number of nitrogens with zero attached hydrogens (tertiary/aromatic N) is 4. The first-order chi connectivity index (χ1) is 24.5. The molecule has 10 nitrogen and oxygen atoms in total. The summed E-state index contributed by atoms with van der Waals surface area (Å²) in [6.45, 7) is 7.38. The first-order valence-electron chi connectivity index (χ1n) is 16.9. The van der Waals surface area contributed by atoms with Gasteiger partial charge in [0.15, 0.2) is 5.82 Å². The molecule has 1 unspecified atom stereocenters. The van der Waals surface area contributed by atoms with Crippen LogP contribution in [0.4, 0.5) is 5.82 Å². The highest BCUT2D eigenvalue weighted by Crippen LogP contribution is 2.33. The molecular formula is C38H39Cl2N5O5S. The van der Waals surface area contributed by atoms with E-state index in [9.17, 15) is 23.1 Å². The Morgan fingerprint density at radius 2 is 1.69 bits per heavy atom. The number of carbonyl (C=O) groups is 2. The highest BCUT2D eigenvalue weighted by Gasteiger charge is 2.33. The van der Waals surface area contributed by atoms with Gasteiger partial charge in [-0.15, -0.1) is 5.10 Å². The zero-order chi connectivity index (χ0) is 36.4. The molecule has 0 saturated carbocycles. The molecule has 6 rings (SSSR count). The van der Waals surface area contributed by atoms with Crippen molar-refractivity contribution in [3.8, 4) is 5.69 Å². The number of benzene rings is 4. The van der Waals surface area contributed by atoms with Crippen molar-refractivity contribution in [3.05, 3.63) is 117 Å². The lowest BCUT2D eigenvalue weighted by molar-refractivity contribution is 0.0544. The molecule has 2 heterocycles. The van der Waals surface area contributed by atoms with E-state index < -0.39 is 27.9 Å². The highest BCUT2D eigenvalue weighted by molar-refractivity contribution is 7.90. The van der Waals surface area contributed by atoms with Crippen molar-refractivity contribution in [2.45, 2.75) is 57.5 Å². The molecule has 51 heavy (non-hydrogen) atoms. The molecule has 0 saturated heterocycles.